The molecule has 2 aliphatic heterocycles. The van der Waals surface area contributed by atoms with Crippen molar-refractivity contribution >= 4 is 44.8 Å². The van der Waals surface area contributed by atoms with Gasteiger partial charge in [-0.25, -0.2) is 0 Å². The molecule has 0 fully saturated rings. The Kier molecular flexibility index (Phi) is 6.41. The molecule has 1 amide bonds. The average Bonchev–Trinajstić information content (AvgIpc) is 3.52. The van der Waals surface area contributed by atoms with Crippen LogP contribution in [0, 0.1) is 0 Å². The molecule has 2 aromatic heterocycles. The lowest BCUT2D eigenvalue weighted by molar-refractivity contribution is -0.112. The van der Waals surface area contributed by atoms with Gasteiger partial charge in [-0.15, -0.1) is 0 Å². The first-order valence-electron chi connectivity index (χ1n) is 13.4. The van der Waals surface area contributed by atoms with E-state index in [1.165, 1.54) is 0 Å². The van der Waals surface area contributed by atoms with Gasteiger partial charge in [-0.1, -0.05) is 36.4 Å². The number of hydrogen-bond donors (Lipinski definition) is 0. The van der Waals surface area contributed by atoms with Gasteiger partial charge in [-0.3, -0.25) is 4.79 Å². The molecule has 4 bridgehead atoms. The highest BCUT2D eigenvalue weighted by Crippen LogP contribution is 2.41. The molecule has 1 atom stereocenters. The molecule has 0 radical (unpaired) electrons. The van der Waals surface area contributed by atoms with E-state index in [9.17, 15) is 4.79 Å². The first-order valence-corrected chi connectivity index (χ1v) is 13.4. The molecule has 2 aromatic carbocycles. The van der Waals surface area contributed by atoms with Gasteiger partial charge in [0.25, 0.3) is 5.91 Å². The fraction of sp³-hybridized carbons (Fsp3) is 0.355. The summed E-state index contributed by atoms with van der Waals surface area (Å²) in [5, 5.41) is 2.11. The van der Waals surface area contributed by atoms with E-state index < -0.39 is 0 Å². The lowest BCUT2D eigenvalue weighted by Crippen LogP contribution is -2.30. The minimum atomic E-state index is -0.259. The van der Waals surface area contributed by atoms with Crippen molar-refractivity contribution in [2.75, 3.05) is 27.2 Å². The van der Waals surface area contributed by atoms with Crippen molar-refractivity contribution in [1.29, 1.82) is 0 Å². The predicted molar refractivity (Wildman–Crippen MR) is 152 cm³/mol. The Balaban J connectivity index is 1.63. The second kappa shape index (κ2) is 9.89. The van der Waals surface area contributed by atoms with Crippen LogP contribution in [0.2, 0.25) is 0 Å². The molecule has 0 aliphatic carbocycles. The molecule has 6 rings (SSSR count). The van der Waals surface area contributed by atoms with Crippen LogP contribution in [0.25, 0.3) is 33.0 Å². The summed E-state index contributed by atoms with van der Waals surface area (Å²) in [5.74, 6) is 0.144. The van der Waals surface area contributed by atoms with E-state index in [-0.39, 0.29) is 18.1 Å². The van der Waals surface area contributed by atoms with Crippen molar-refractivity contribution < 1.29 is 14.3 Å². The maximum atomic E-state index is 13.6. The van der Waals surface area contributed by atoms with Gasteiger partial charge in [0.15, 0.2) is 0 Å². The molecule has 0 spiro atoms. The molecule has 2 aliphatic rings. The van der Waals surface area contributed by atoms with Crippen molar-refractivity contribution in [2.45, 2.75) is 45.6 Å². The molecular weight excluding hydrogens is 476 g/mol. The number of benzene rings is 2. The molecule has 0 N–H and O–H groups in total. The van der Waals surface area contributed by atoms with Crippen LogP contribution in [0.4, 0.5) is 0 Å². The summed E-state index contributed by atoms with van der Waals surface area (Å²) in [6, 6.07) is 16.6. The van der Waals surface area contributed by atoms with E-state index in [1.54, 1.807) is 0 Å². The van der Waals surface area contributed by atoms with Crippen LogP contribution in [-0.2, 0) is 27.4 Å². The number of amides is 1. The van der Waals surface area contributed by atoms with Crippen molar-refractivity contribution in [1.82, 2.24) is 14.0 Å². The van der Waals surface area contributed by atoms with Crippen LogP contribution in [0.3, 0.4) is 0 Å². The van der Waals surface area contributed by atoms with Crippen molar-refractivity contribution in [3.63, 3.8) is 0 Å². The van der Waals surface area contributed by atoms with Crippen molar-refractivity contribution in [3.05, 3.63) is 72.1 Å². The number of carbonyl (C=O) groups excluding carboxylic acids is 1. The van der Waals surface area contributed by atoms with Gasteiger partial charge in [0.05, 0.1) is 30.0 Å². The molecule has 38 heavy (non-hydrogen) atoms. The maximum absolute atomic E-state index is 13.6. The summed E-state index contributed by atoms with van der Waals surface area (Å²) in [4.78, 5) is 20.3. The number of para-hydroxylation sites is 2. The van der Waals surface area contributed by atoms with Gasteiger partial charge in [-0.2, -0.15) is 4.99 Å². The van der Waals surface area contributed by atoms with E-state index in [0.29, 0.717) is 24.6 Å². The Morgan fingerprint density at radius 1 is 0.947 bits per heavy atom. The van der Waals surface area contributed by atoms with Gasteiger partial charge in [0, 0.05) is 65.0 Å². The number of ether oxygens (including phenoxy) is 2. The number of rotatable bonds is 3. The predicted octanol–water partition coefficient (Wildman–Crippen LogP) is 5.22. The lowest BCUT2D eigenvalue weighted by Gasteiger charge is -2.22. The van der Waals surface area contributed by atoms with E-state index in [1.807, 2.05) is 32.0 Å². The number of aliphatic imine (C=N–C) groups is 1. The second-order valence-corrected chi connectivity index (χ2v) is 10.7. The SMILES string of the molecule is CC(C)OC1=NC(=O)C2=C1c1cn(c3ccccc13)CCC(CN(C)C)OCCn1cc2c2ccccc21. The average molecular weight is 511 g/mol. The third-order valence-corrected chi connectivity index (χ3v) is 7.29. The summed E-state index contributed by atoms with van der Waals surface area (Å²) in [6.07, 6.45) is 5.11. The highest BCUT2D eigenvalue weighted by molar-refractivity contribution is 6.49. The largest absolute Gasteiger partial charge is 0.474 e. The van der Waals surface area contributed by atoms with Crippen LogP contribution < -0.4 is 0 Å². The first kappa shape index (κ1) is 24.6. The number of nitrogens with zero attached hydrogens (tertiary/aromatic N) is 4. The molecule has 0 saturated carbocycles. The third-order valence-electron chi connectivity index (χ3n) is 7.29. The fourth-order valence-electron chi connectivity index (χ4n) is 5.72. The number of carbonyl (C=O) groups is 1. The fourth-order valence-corrected chi connectivity index (χ4v) is 5.72. The second-order valence-electron chi connectivity index (χ2n) is 10.7. The number of aromatic nitrogens is 2. The van der Waals surface area contributed by atoms with Crippen LogP contribution in [0.1, 0.15) is 31.4 Å². The summed E-state index contributed by atoms with van der Waals surface area (Å²) in [5.41, 5.74) is 5.43. The van der Waals surface area contributed by atoms with Gasteiger partial charge >= 0.3 is 0 Å². The minimum Gasteiger partial charge on any atom is -0.474 e. The molecule has 1 unspecified atom stereocenters. The third kappa shape index (κ3) is 4.36. The zero-order valence-electron chi connectivity index (χ0n) is 22.5. The molecule has 7 heteroatoms. The number of likely N-dealkylation sites (N-methyl/N-ethyl adjacent to an activating group) is 1. The molecule has 196 valence electrons. The van der Waals surface area contributed by atoms with Crippen LogP contribution in [0.5, 0.6) is 0 Å². The Bertz CT molecular complexity index is 1590. The molecular formula is C31H34N4O3. The van der Waals surface area contributed by atoms with Gasteiger partial charge in [0.1, 0.15) is 0 Å². The zero-order chi connectivity index (χ0) is 26.4. The summed E-state index contributed by atoms with van der Waals surface area (Å²) in [6.45, 7) is 6.88. The smallest absolute Gasteiger partial charge is 0.281 e. The van der Waals surface area contributed by atoms with E-state index >= 15 is 0 Å². The van der Waals surface area contributed by atoms with Crippen molar-refractivity contribution in [2.24, 2.45) is 4.99 Å². The van der Waals surface area contributed by atoms with E-state index in [2.05, 4.69) is 75.8 Å². The Hall–Kier alpha value is -3.68. The topological polar surface area (TPSA) is 61.0 Å². The molecule has 4 aromatic rings. The number of aryl methyl sites for hydroxylation is 1. The minimum absolute atomic E-state index is 0.100. The molecule has 4 heterocycles. The Morgan fingerprint density at radius 3 is 2.18 bits per heavy atom. The standard InChI is InChI=1S/C31H34N4O3/c1-20(2)38-31-29-25-19-34(26-11-7-6-10-23(25)26)14-13-21(17-33(3)4)37-16-15-35-18-24(28(29)30(36)32-31)22-9-5-8-12-27(22)35/h5-12,18-21H,13-17H2,1-4H3. The molecule has 0 saturated heterocycles. The first-order chi connectivity index (χ1) is 18.4. The summed E-state index contributed by atoms with van der Waals surface area (Å²) in [7, 11) is 4.18. The summed E-state index contributed by atoms with van der Waals surface area (Å²) >= 11 is 0. The van der Waals surface area contributed by atoms with Crippen LogP contribution >= 0.6 is 0 Å². The Labute approximate surface area is 223 Å². The summed E-state index contributed by atoms with van der Waals surface area (Å²) < 4.78 is 17.1. The van der Waals surface area contributed by atoms with E-state index in [0.717, 1.165) is 58.0 Å². The van der Waals surface area contributed by atoms with Crippen LogP contribution in [-0.4, -0.2) is 65.3 Å². The maximum Gasteiger partial charge on any atom is 0.281 e. The van der Waals surface area contributed by atoms with Gasteiger partial charge in [-0.05, 0) is 46.5 Å². The van der Waals surface area contributed by atoms with Gasteiger partial charge in [0.2, 0.25) is 5.90 Å². The van der Waals surface area contributed by atoms with Gasteiger partial charge < -0.3 is 23.5 Å². The lowest BCUT2D eigenvalue weighted by atomic mass is 9.95. The van der Waals surface area contributed by atoms with Crippen molar-refractivity contribution in [3.8, 4) is 0 Å². The van der Waals surface area contributed by atoms with E-state index in [4.69, 9.17) is 9.47 Å². The monoisotopic (exact) mass is 510 g/mol. The zero-order valence-corrected chi connectivity index (χ0v) is 22.5. The number of fused-ring (bicyclic) bond motifs is 12. The quantitative estimate of drug-likeness (QED) is 0.379. The number of hydrogen-bond acceptors (Lipinski definition) is 4. The molecule has 7 nitrogen and oxygen atoms in total. The highest BCUT2D eigenvalue weighted by Gasteiger charge is 2.34. The van der Waals surface area contributed by atoms with Crippen LogP contribution in [0.15, 0.2) is 65.9 Å². The highest BCUT2D eigenvalue weighted by atomic mass is 16.5. The normalized spacial score (nSPS) is 18.4. The Morgan fingerprint density at radius 2 is 1.55 bits per heavy atom.